The van der Waals surface area contributed by atoms with Gasteiger partial charge in [0.05, 0.1) is 0 Å². The topological polar surface area (TPSA) is 38.0 Å². The van der Waals surface area contributed by atoms with Gasteiger partial charge in [-0.15, -0.1) is 0 Å². The summed E-state index contributed by atoms with van der Waals surface area (Å²) in [6.45, 7) is 9.62. The third-order valence-electron chi connectivity index (χ3n) is 3.39. The molecule has 0 radical (unpaired) electrons. The van der Waals surface area contributed by atoms with Crippen molar-refractivity contribution < 1.29 is 0 Å². The summed E-state index contributed by atoms with van der Waals surface area (Å²) in [6.07, 6.45) is 2.21. The smallest absolute Gasteiger partial charge is 0.000824 e. The van der Waals surface area contributed by atoms with E-state index in [2.05, 4.69) is 50.4 Å². The summed E-state index contributed by atoms with van der Waals surface area (Å²) in [7, 11) is 0. The van der Waals surface area contributed by atoms with Crippen LogP contribution in [0, 0.1) is 5.92 Å². The maximum Gasteiger partial charge on any atom is -0.000824 e. The molecule has 2 nitrogen and oxygen atoms in total. The molecule has 1 aromatic rings. The van der Waals surface area contributed by atoms with E-state index in [9.17, 15) is 0 Å². The van der Waals surface area contributed by atoms with E-state index < -0.39 is 0 Å². The molecule has 3 N–H and O–H groups in total. The molecule has 0 heterocycles. The summed E-state index contributed by atoms with van der Waals surface area (Å²) < 4.78 is 0. The molecule has 1 atom stereocenters. The second-order valence-electron chi connectivity index (χ2n) is 5.53. The van der Waals surface area contributed by atoms with Crippen LogP contribution in [0.3, 0.4) is 0 Å². The molecule has 18 heavy (non-hydrogen) atoms. The van der Waals surface area contributed by atoms with Crippen LogP contribution in [0.5, 0.6) is 0 Å². The molecule has 0 aliphatic carbocycles. The highest BCUT2D eigenvalue weighted by Gasteiger charge is 2.01. The van der Waals surface area contributed by atoms with Gasteiger partial charge in [-0.2, -0.15) is 0 Å². The quantitative estimate of drug-likeness (QED) is 0.694. The summed E-state index contributed by atoms with van der Waals surface area (Å²) in [4.78, 5) is 0. The van der Waals surface area contributed by atoms with Gasteiger partial charge in [-0.3, -0.25) is 0 Å². The number of hydrogen-bond acceptors (Lipinski definition) is 2. The van der Waals surface area contributed by atoms with Crippen molar-refractivity contribution in [2.75, 3.05) is 19.6 Å². The standard InChI is InChI=1S/C16H28N2/c1-13(2)16-6-4-15(5-7-16)9-11-18-12-14(3)8-10-17/h4-7,13-14,18H,8-12,17H2,1-3H3. The maximum atomic E-state index is 5.54. The molecule has 0 aliphatic rings. The molecular formula is C16H28N2. The first kappa shape index (κ1) is 15.2. The molecule has 0 aromatic heterocycles. The van der Waals surface area contributed by atoms with Gasteiger partial charge in [-0.05, 0) is 55.4 Å². The van der Waals surface area contributed by atoms with E-state index in [1.54, 1.807) is 0 Å². The highest BCUT2D eigenvalue weighted by Crippen LogP contribution is 2.14. The van der Waals surface area contributed by atoms with Crippen LogP contribution in [0.1, 0.15) is 44.2 Å². The van der Waals surface area contributed by atoms with Crippen LogP contribution in [-0.4, -0.2) is 19.6 Å². The Kier molecular flexibility index (Phi) is 6.99. The van der Waals surface area contributed by atoms with Gasteiger partial charge in [-0.1, -0.05) is 45.0 Å². The number of benzene rings is 1. The number of rotatable bonds is 8. The van der Waals surface area contributed by atoms with Crippen LogP contribution >= 0.6 is 0 Å². The molecule has 0 bridgehead atoms. The zero-order chi connectivity index (χ0) is 13.4. The van der Waals surface area contributed by atoms with Crippen molar-refractivity contribution in [3.8, 4) is 0 Å². The fourth-order valence-electron chi connectivity index (χ4n) is 2.04. The first-order valence-electron chi connectivity index (χ1n) is 7.13. The van der Waals surface area contributed by atoms with Gasteiger partial charge in [0.2, 0.25) is 0 Å². The molecule has 1 rings (SSSR count). The average molecular weight is 248 g/mol. The minimum Gasteiger partial charge on any atom is -0.330 e. The van der Waals surface area contributed by atoms with Crippen LogP contribution < -0.4 is 11.1 Å². The van der Waals surface area contributed by atoms with Crippen molar-refractivity contribution in [1.29, 1.82) is 0 Å². The monoisotopic (exact) mass is 248 g/mol. The van der Waals surface area contributed by atoms with E-state index in [1.165, 1.54) is 11.1 Å². The van der Waals surface area contributed by atoms with Crippen molar-refractivity contribution in [1.82, 2.24) is 5.32 Å². The molecule has 0 amide bonds. The number of nitrogens with two attached hydrogens (primary N) is 1. The molecule has 0 fully saturated rings. The summed E-state index contributed by atoms with van der Waals surface area (Å²) in [6, 6.07) is 8.99. The van der Waals surface area contributed by atoms with Crippen molar-refractivity contribution >= 4 is 0 Å². The molecule has 0 spiro atoms. The molecule has 1 aromatic carbocycles. The van der Waals surface area contributed by atoms with Crippen molar-refractivity contribution in [2.45, 2.75) is 39.5 Å². The lowest BCUT2D eigenvalue weighted by Gasteiger charge is -2.11. The lowest BCUT2D eigenvalue weighted by Crippen LogP contribution is -2.24. The Morgan fingerprint density at radius 3 is 2.33 bits per heavy atom. The minimum absolute atomic E-state index is 0.620. The van der Waals surface area contributed by atoms with E-state index >= 15 is 0 Å². The lowest BCUT2D eigenvalue weighted by molar-refractivity contribution is 0.489. The molecular weight excluding hydrogens is 220 g/mol. The van der Waals surface area contributed by atoms with Gasteiger partial charge < -0.3 is 11.1 Å². The molecule has 102 valence electrons. The van der Waals surface area contributed by atoms with Crippen molar-refractivity contribution in [3.63, 3.8) is 0 Å². The second kappa shape index (κ2) is 8.28. The molecule has 0 saturated heterocycles. The van der Waals surface area contributed by atoms with Gasteiger partial charge in [0.1, 0.15) is 0 Å². The van der Waals surface area contributed by atoms with E-state index in [4.69, 9.17) is 5.73 Å². The first-order chi connectivity index (χ1) is 8.63. The van der Waals surface area contributed by atoms with E-state index in [0.717, 1.165) is 32.5 Å². The van der Waals surface area contributed by atoms with Gasteiger partial charge in [0.25, 0.3) is 0 Å². The predicted octanol–water partition coefficient (Wildman–Crippen LogP) is 2.93. The summed E-state index contributed by atoms with van der Waals surface area (Å²) in [5, 5.41) is 3.50. The van der Waals surface area contributed by atoms with Crippen LogP contribution in [-0.2, 0) is 6.42 Å². The Labute approximate surface area is 112 Å². The summed E-state index contributed by atoms with van der Waals surface area (Å²) in [5.74, 6) is 1.30. The Bertz CT molecular complexity index is 316. The Hall–Kier alpha value is -0.860. The average Bonchev–Trinajstić information content (AvgIpc) is 2.35. The third kappa shape index (κ3) is 5.65. The van der Waals surface area contributed by atoms with Crippen LogP contribution in [0.4, 0.5) is 0 Å². The number of hydrogen-bond donors (Lipinski definition) is 2. The third-order valence-corrected chi connectivity index (χ3v) is 3.39. The maximum absolute atomic E-state index is 5.54. The van der Waals surface area contributed by atoms with Gasteiger partial charge in [0, 0.05) is 0 Å². The molecule has 0 aliphatic heterocycles. The number of nitrogens with one attached hydrogen (secondary N) is 1. The van der Waals surface area contributed by atoms with E-state index in [0.29, 0.717) is 11.8 Å². The van der Waals surface area contributed by atoms with Crippen LogP contribution in [0.25, 0.3) is 0 Å². The fraction of sp³-hybridized carbons (Fsp3) is 0.625. The zero-order valence-electron chi connectivity index (χ0n) is 12.1. The summed E-state index contributed by atoms with van der Waals surface area (Å²) >= 11 is 0. The van der Waals surface area contributed by atoms with Crippen LogP contribution in [0.15, 0.2) is 24.3 Å². The predicted molar refractivity (Wildman–Crippen MR) is 79.9 cm³/mol. The Morgan fingerprint density at radius 1 is 1.11 bits per heavy atom. The van der Waals surface area contributed by atoms with Crippen molar-refractivity contribution in [3.05, 3.63) is 35.4 Å². The zero-order valence-corrected chi connectivity index (χ0v) is 12.1. The summed E-state index contributed by atoms with van der Waals surface area (Å²) in [5.41, 5.74) is 8.37. The van der Waals surface area contributed by atoms with Crippen molar-refractivity contribution in [2.24, 2.45) is 11.7 Å². The molecule has 1 unspecified atom stereocenters. The van der Waals surface area contributed by atoms with Gasteiger partial charge >= 0.3 is 0 Å². The SMILES string of the molecule is CC(CCN)CNCCc1ccc(C(C)C)cc1. The highest BCUT2D eigenvalue weighted by molar-refractivity contribution is 5.24. The molecule has 0 saturated carbocycles. The minimum atomic E-state index is 0.620. The molecule has 2 heteroatoms. The van der Waals surface area contributed by atoms with E-state index in [-0.39, 0.29) is 0 Å². The second-order valence-corrected chi connectivity index (χ2v) is 5.53. The largest absolute Gasteiger partial charge is 0.330 e. The Balaban J connectivity index is 2.23. The van der Waals surface area contributed by atoms with E-state index in [1.807, 2.05) is 0 Å². The first-order valence-corrected chi connectivity index (χ1v) is 7.13. The van der Waals surface area contributed by atoms with Gasteiger partial charge in [0.15, 0.2) is 0 Å². The van der Waals surface area contributed by atoms with Crippen LogP contribution in [0.2, 0.25) is 0 Å². The van der Waals surface area contributed by atoms with Gasteiger partial charge in [-0.25, -0.2) is 0 Å². The highest BCUT2D eigenvalue weighted by atomic mass is 14.8. The normalized spacial score (nSPS) is 12.9. The lowest BCUT2D eigenvalue weighted by atomic mass is 10.0. The Morgan fingerprint density at radius 2 is 1.78 bits per heavy atom. The fourth-order valence-corrected chi connectivity index (χ4v) is 2.04.